The highest BCUT2D eigenvalue weighted by Crippen LogP contribution is 2.24. The van der Waals surface area contributed by atoms with Crippen LogP contribution in [-0.2, 0) is 19.1 Å². The average Bonchev–Trinajstić information content (AvgIpc) is 2.92. The molecule has 1 saturated heterocycles. The lowest BCUT2D eigenvalue weighted by molar-refractivity contribution is -0.155. The van der Waals surface area contributed by atoms with Crippen LogP contribution in [0, 0.1) is 0 Å². The molecule has 1 aromatic carbocycles. The second-order valence-electron chi connectivity index (χ2n) is 6.48. The van der Waals surface area contributed by atoms with Gasteiger partial charge in [0, 0.05) is 12.7 Å². The van der Waals surface area contributed by atoms with Crippen LogP contribution in [0.1, 0.15) is 33.6 Å². The lowest BCUT2D eigenvalue weighted by Crippen LogP contribution is -2.46. The van der Waals surface area contributed by atoms with Gasteiger partial charge >= 0.3 is 12.0 Å². The Hall–Kier alpha value is -2.90. The minimum absolute atomic E-state index is 0.414. The van der Waals surface area contributed by atoms with E-state index in [0.717, 1.165) is 4.90 Å². The number of esters is 1. The van der Waals surface area contributed by atoms with Crippen LogP contribution in [-0.4, -0.2) is 54.0 Å². The molecule has 0 bridgehead atoms. The van der Waals surface area contributed by atoms with Crippen molar-refractivity contribution in [3.63, 3.8) is 0 Å². The molecule has 1 aliphatic rings. The number of imide groups is 1. The highest BCUT2D eigenvalue weighted by atomic mass is 16.5. The number of hydrogen-bond acceptors (Lipinski definition) is 5. The number of ether oxygens (including phenoxy) is 1. The van der Waals surface area contributed by atoms with Crippen LogP contribution in [0.3, 0.4) is 0 Å². The average molecular weight is 375 g/mol. The van der Waals surface area contributed by atoms with E-state index in [2.05, 4.69) is 5.32 Å². The molecule has 0 radical (unpaired) electrons. The quantitative estimate of drug-likeness (QED) is 0.578. The normalized spacial score (nSPS) is 16.7. The summed E-state index contributed by atoms with van der Waals surface area (Å²) in [5.74, 6) is -1.68. The van der Waals surface area contributed by atoms with Crippen LogP contribution in [0.2, 0.25) is 0 Å². The van der Waals surface area contributed by atoms with E-state index in [-0.39, 0.29) is 0 Å². The second-order valence-corrected chi connectivity index (χ2v) is 6.48. The second kappa shape index (κ2) is 8.20. The zero-order valence-electron chi connectivity index (χ0n) is 16.0. The minimum Gasteiger partial charge on any atom is -0.451 e. The summed E-state index contributed by atoms with van der Waals surface area (Å²) in [6, 6.07) is 8.31. The molecular formula is C19H25N3O5. The van der Waals surface area contributed by atoms with E-state index in [1.54, 1.807) is 45.2 Å². The Morgan fingerprint density at radius 2 is 1.78 bits per heavy atom. The van der Waals surface area contributed by atoms with Crippen molar-refractivity contribution >= 4 is 29.5 Å². The highest BCUT2D eigenvalue weighted by molar-refractivity contribution is 6.08. The van der Waals surface area contributed by atoms with Crippen molar-refractivity contribution in [3.05, 3.63) is 30.3 Å². The molecule has 8 nitrogen and oxygen atoms in total. The summed E-state index contributed by atoms with van der Waals surface area (Å²) in [6.45, 7) is 4.51. The summed E-state index contributed by atoms with van der Waals surface area (Å²) >= 11 is 0. The maximum atomic E-state index is 12.5. The SMILES string of the molecule is CCC1(CC)NC(=O)N(CC(=O)O[C@@H](C)C(=O)N(C)c2ccccc2)C1=O. The number of nitrogens with zero attached hydrogens (tertiary/aromatic N) is 2. The van der Waals surface area contributed by atoms with Crippen molar-refractivity contribution in [1.29, 1.82) is 0 Å². The highest BCUT2D eigenvalue weighted by Gasteiger charge is 2.49. The Morgan fingerprint density at radius 1 is 1.19 bits per heavy atom. The molecule has 1 N–H and O–H groups in total. The molecule has 0 aliphatic carbocycles. The third kappa shape index (κ3) is 4.10. The van der Waals surface area contributed by atoms with Gasteiger partial charge in [0.15, 0.2) is 6.10 Å². The van der Waals surface area contributed by atoms with Gasteiger partial charge in [-0.15, -0.1) is 0 Å². The number of urea groups is 1. The standard InChI is InChI=1S/C19H25N3O5/c1-5-19(6-2)17(25)22(18(26)20-19)12-15(23)27-13(3)16(24)21(4)14-10-8-7-9-11-14/h7-11,13H,5-6,12H2,1-4H3,(H,20,26)/t13-/m0/s1. The van der Waals surface area contributed by atoms with Crippen LogP contribution < -0.4 is 10.2 Å². The smallest absolute Gasteiger partial charge is 0.327 e. The summed E-state index contributed by atoms with van der Waals surface area (Å²) in [7, 11) is 1.58. The molecule has 0 saturated carbocycles. The minimum atomic E-state index is -1.05. The van der Waals surface area contributed by atoms with Crippen molar-refractivity contribution in [3.8, 4) is 0 Å². The molecule has 0 unspecified atom stereocenters. The van der Waals surface area contributed by atoms with Crippen LogP contribution in [0.5, 0.6) is 0 Å². The monoisotopic (exact) mass is 375 g/mol. The first kappa shape index (κ1) is 20.4. The van der Waals surface area contributed by atoms with Crippen molar-refractivity contribution in [2.45, 2.75) is 45.3 Å². The number of anilines is 1. The third-order valence-electron chi connectivity index (χ3n) is 4.87. The van der Waals surface area contributed by atoms with Gasteiger partial charge in [0.05, 0.1) is 0 Å². The summed E-state index contributed by atoms with van der Waals surface area (Å²) in [6.07, 6.45) is -0.196. The lowest BCUT2D eigenvalue weighted by atomic mass is 9.93. The molecular weight excluding hydrogens is 350 g/mol. The van der Waals surface area contributed by atoms with Crippen molar-refractivity contribution in [2.75, 3.05) is 18.5 Å². The predicted octanol–water partition coefficient (Wildman–Crippen LogP) is 1.69. The number of amides is 4. The molecule has 0 spiro atoms. The Balaban J connectivity index is 1.98. The zero-order chi connectivity index (χ0) is 20.2. The fourth-order valence-electron chi connectivity index (χ4n) is 3.01. The van der Waals surface area contributed by atoms with Gasteiger partial charge in [0.1, 0.15) is 12.1 Å². The fourth-order valence-corrected chi connectivity index (χ4v) is 3.01. The number of carbonyl (C=O) groups excluding carboxylic acids is 4. The molecule has 1 fully saturated rings. The Morgan fingerprint density at radius 3 is 2.30 bits per heavy atom. The largest absolute Gasteiger partial charge is 0.451 e. The van der Waals surface area contributed by atoms with Gasteiger partial charge in [-0.2, -0.15) is 0 Å². The van der Waals surface area contributed by atoms with Crippen LogP contribution in [0.4, 0.5) is 10.5 Å². The van der Waals surface area contributed by atoms with E-state index in [1.165, 1.54) is 11.8 Å². The molecule has 146 valence electrons. The van der Waals surface area contributed by atoms with Crippen molar-refractivity contribution in [2.24, 2.45) is 0 Å². The number of para-hydroxylation sites is 1. The number of carbonyl (C=O) groups is 4. The van der Waals surface area contributed by atoms with E-state index in [4.69, 9.17) is 4.74 Å². The summed E-state index contributed by atoms with van der Waals surface area (Å²) in [4.78, 5) is 51.4. The molecule has 1 aliphatic heterocycles. The third-order valence-corrected chi connectivity index (χ3v) is 4.87. The first-order chi connectivity index (χ1) is 12.8. The number of hydrogen-bond donors (Lipinski definition) is 1. The maximum Gasteiger partial charge on any atom is 0.327 e. The van der Waals surface area contributed by atoms with Crippen molar-refractivity contribution < 1.29 is 23.9 Å². The Labute approximate surface area is 158 Å². The van der Waals surface area contributed by atoms with Gasteiger partial charge in [-0.1, -0.05) is 32.0 Å². The van der Waals surface area contributed by atoms with Gasteiger partial charge < -0.3 is 15.0 Å². The maximum absolute atomic E-state index is 12.5. The molecule has 0 aromatic heterocycles. The fraction of sp³-hybridized carbons (Fsp3) is 0.474. The van der Waals surface area contributed by atoms with Gasteiger partial charge in [-0.25, -0.2) is 4.79 Å². The number of nitrogens with one attached hydrogen (secondary N) is 1. The van der Waals surface area contributed by atoms with Gasteiger partial charge in [-0.3, -0.25) is 19.3 Å². The number of benzene rings is 1. The van der Waals surface area contributed by atoms with Crippen LogP contribution in [0.25, 0.3) is 0 Å². The number of likely N-dealkylation sites (N-methyl/N-ethyl adjacent to an activating group) is 1. The van der Waals surface area contributed by atoms with E-state index in [0.29, 0.717) is 18.5 Å². The number of rotatable bonds is 7. The Bertz CT molecular complexity index is 730. The molecule has 2 rings (SSSR count). The van der Waals surface area contributed by atoms with Crippen molar-refractivity contribution in [1.82, 2.24) is 10.2 Å². The van der Waals surface area contributed by atoms with Gasteiger partial charge in [0.25, 0.3) is 11.8 Å². The van der Waals surface area contributed by atoms with Gasteiger partial charge in [0.2, 0.25) is 0 Å². The summed E-state index contributed by atoms with van der Waals surface area (Å²) < 4.78 is 5.14. The Kier molecular flexibility index (Phi) is 6.20. The molecule has 8 heteroatoms. The van der Waals surface area contributed by atoms with Gasteiger partial charge in [-0.05, 0) is 31.9 Å². The zero-order valence-corrected chi connectivity index (χ0v) is 16.0. The topological polar surface area (TPSA) is 96.0 Å². The molecule has 1 aromatic rings. The molecule has 1 heterocycles. The van der Waals surface area contributed by atoms with Crippen LogP contribution >= 0.6 is 0 Å². The summed E-state index contributed by atoms with van der Waals surface area (Å²) in [5, 5.41) is 2.64. The van der Waals surface area contributed by atoms with E-state index in [1.807, 2.05) is 6.07 Å². The van der Waals surface area contributed by atoms with E-state index in [9.17, 15) is 19.2 Å². The first-order valence-corrected chi connectivity index (χ1v) is 8.92. The van der Waals surface area contributed by atoms with E-state index >= 15 is 0 Å². The first-order valence-electron chi connectivity index (χ1n) is 8.92. The molecule has 1 atom stereocenters. The molecule has 27 heavy (non-hydrogen) atoms. The predicted molar refractivity (Wildman–Crippen MR) is 99.0 cm³/mol. The van der Waals surface area contributed by atoms with E-state index < -0.39 is 42.0 Å². The molecule has 4 amide bonds. The summed E-state index contributed by atoms with van der Waals surface area (Å²) in [5.41, 5.74) is -0.318. The van der Waals surface area contributed by atoms with Crippen LogP contribution in [0.15, 0.2) is 30.3 Å². The lowest BCUT2D eigenvalue weighted by Gasteiger charge is -2.23.